The fourth-order valence-corrected chi connectivity index (χ4v) is 7.15. The largest absolute Gasteiger partial charge is 0.488 e. The smallest absolute Gasteiger partial charge is 0.211 e. The molecule has 3 aromatic rings. The van der Waals surface area contributed by atoms with E-state index >= 15 is 0 Å². The summed E-state index contributed by atoms with van der Waals surface area (Å²) in [5, 5.41) is 0. The van der Waals surface area contributed by atoms with Crippen molar-refractivity contribution in [3.63, 3.8) is 0 Å². The average molecular weight is 447 g/mol. The summed E-state index contributed by atoms with van der Waals surface area (Å²) in [5.74, 6) is 0.422. The predicted octanol–water partition coefficient (Wildman–Crippen LogP) is 4.36. The van der Waals surface area contributed by atoms with Crippen LogP contribution in [0.3, 0.4) is 0 Å². The summed E-state index contributed by atoms with van der Waals surface area (Å²) in [7, 11) is -3.65. The van der Waals surface area contributed by atoms with Crippen LogP contribution in [-0.2, 0) is 16.4 Å². The molecule has 0 spiro atoms. The molecule has 0 atom stereocenters. The Morgan fingerprint density at radius 1 is 0.844 bits per heavy atom. The number of nitrogens with zero attached hydrogens (tertiary/aromatic N) is 2. The molecule has 32 heavy (non-hydrogen) atoms. The summed E-state index contributed by atoms with van der Waals surface area (Å²) in [6, 6.07) is 21.8. The summed E-state index contributed by atoms with van der Waals surface area (Å²) < 4.78 is 33.3. The number of piperidine rings is 1. The van der Waals surface area contributed by atoms with Crippen LogP contribution in [0, 0.1) is 0 Å². The van der Waals surface area contributed by atoms with Crippen LogP contribution in [-0.4, -0.2) is 45.5 Å². The first-order valence-corrected chi connectivity index (χ1v) is 12.8. The number of rotatable bonds is 4. The van der Waals surface area contributed by atoms with Crippen molar-refractivity contribution in [1.82, 2.24) is 4.90 Å². The van der Waals surface area contributed by atoms with Crippen LogP contribution in [0.2, 0.25) is 0 Å². The van der Waals surface area contributed by atoms with Crippen LogP contribution in [0.15, 0.2) is 76.5 Å². The van der Waals surface area contributed by atoms with Gasteiger partial charge < -0.3 is 14.5 Å². The second kappa shape index (κ2) is 7.64. The number of anilines is 1. The number of ether oxygens (including phenoxy) is 1. The minimum atomic E-state index is -3.65. The third-order valence-corrected chi connectivity index (χ3v) is 8.89. The molecule has 0 aromatic heterocycles. The minimum Gasteiger partial charge on any atom is -0.488 e. The Morgan fingerprint density at radius 3 is 2.47 bits per heavy atom. The first-order chi connectivity index (χ1) is 15.6. The van der Waals surface area contributed by atoms with Crippen LogP contribution in [0.1, 0.15) is 18.4 Å². The molecule has 0 aliphatic carbocycles. The van der Waals surface area contributed by atoms with E-state index in [1.54, 1.807) is 6.07 Å². The number of benzene rings is 3. The maximum atomic E-state index is 13.7. The zero-order valence-electron chi connectivity index (χ0n) is 17.9. The molecule has 4 aliphatic rings. The lowest BCUT2D eigenvalue weighted by molar-refractivity contribution is 0.250. The van der Waals surface area contributed by atoms with Crippen molar-refractivity contribution in [3.8, 4) is 16.9 Å². The summed E-state index contributed by atoms with van der Waals surface area (Å²) in [4.78, 5) is 5.62. The molecule has 0 amide bonds. The van der Waals surface area contributed by atoms with Gasteiger partial charge in [0.05, 0.1) is 4.90 Å². The summed E-state index contributed by atoms with van der Waals surface area (Å²) in [5.41, 5.74) is 3.53. The molecule has 7 rings (SSSR count). The fraction of sp³-hybridized carbons (Fsp3) is 0.308. The van der Waals surface area contributed by atoms with E-state index < -0.39 is 9.84 Å². The maximum absolute atomic E-state index is 13.7. The Kier molecular flexibility index (Phi) is 4.73. The topological polar surface area (TPSA) is 49.9 Å². The van der Waals surface area contributed by atoms with Gasteiger partial charge in [0.1, 0.15) is 17.3 Å². The molecule has 4 aliphatic heterocycles. The lowest BCUT2D eigenvalue weighted by Crippen LogP contribution is -2.37. The van der Waals surface area contributed by atoms with Gasteiger partial charge in [0, 0.05) is 49.0 Å². The number of hydrogen-bond acceptors (Lipinski definition) is 5. The van der Waals surface area contributed by atoms with Crippen molar-refractivity contribution in [2.75, 3.05) is 31.1 Å². The fourth-order valence-electron chi connectivity index (χ4n) is 5.32. The molecule has 6 heteroatoms. The highest BCUT2D eigenvalue weighted by molar-refractivity contribution is 7.92. The zero-order valence-corrected chi connectivity index (χ0v) is 18.7. The Balaban J connectivity index is 1.36. The van der Waals surface area contributed by atoms with Crippen LogP contribution >= 0.6 is 0 Å². The standard InChI is InChI=1S/C26H26N2O3S/c29-32(30)25-17-21(28-16-15-27-13-11-20(28)12-14-27)9-10-22(25)23-7-4-8-24(26(23)32)31-18-19-5-2-1-3-6-19/h1-10,17,20H,11-16,18H2. The third-order valence-electron chi connectivity index (χ3n) is 7.02. The molecule has 164 valence electrons. The summed E-state index contributed by atoms with van der Waals surface area (Å²) >= 11 is 0. The van der Waals surface area contributed by atoms with E-state index in [1.807, 2.05) is 54.6 Å². The molecular weight excluding hydrogens is 420 g/mol. The highest BCUT2D eigenvalue weighted by Crippen LogP contribution is 2.48. The van der Waals surface area contributed by atoms with Gasteiger partial charge >= 0.3 is 0 Å². The summed E-state index contributed by atoms with van der Waals surface area (Å²) in [6.07, 6.45) is 2.28. The zero-order chi connectivity index (χ0) is 21.7. The normalized spacial score (nSPS) is 22.8. The Hall–Kier alpha value is -2.83. The average Bonchev–Trinajstić information content (AvgIpc) is 3.02. The van der Waals surface area contributed by atoms with Gasteiger partial charge in [0.25, 0.3) is 0 Å². The van der Waals surface area contributed by atoms with Crippen LogP contribution in [0.5, 0.6) is 5.75 Å². The Morgan fingerprint density at radius 2 is 1.66 bits per heavy atom. The first kappa shape index (κ1) is 19.8. The maximum Gasteiger partial charge on any atom is 0.211 e. The molecule has 3 saturated heterocycles. The molecule has 2 bridgehead atoms. The predicted molar refractivity (Wildman–Crippen MR) is 125 cm³/mol. The first-order valence-electron chi connectivity index (χ1n) is 11.3. The Bertz CT molecular complexity index is 1270. The van der Waals surface area contributed by atoms with Gasteiger partial charge in [-0.05, 0) is 36.6 Å². The van der Waals surface area contributed by atoms with E-state index in [0.29, 0.717) is 28.2 Å². The number of hydrogen-bond donors (Lipinski definition) is 0. The minimum absolute atomic E-state index is 0.297. The van der Waals surface area contributed by atoms with Crippen molar-refractivity contribution in [1.29, 1.82) is 0 Å². The van der Waals surface area contributed by atoms with Crippen molar-refractivity contribution in [2.45, 2.75) is 35.3 Å². The highest BCUT2D eigenvalue weighted by Gasteiger charge is 2.37. The van der Waals surface area contributed by atoms with E-state index in [0.717, 1.165) is 61.4 Å². The van der Waals surface area contributed by atoms with Gasteiger partial charge in [0.2, 0.25) is 9.84 Å². The van der Waals surface area contributed by atoms with Crippen molar-refractivity contribution < 1.29 is 13.2 Å². The van der Waals surface area contributed by atoms with Gasteiger partial charge in [0.15, 0.2) is 0 Å². The molecule has 3 aromatic carbocycles. The number of fused-ring (bicyclic) bond motifs is 7. The third kappa shape index (κ3) is 3.21. The molecule has 5 nitrogen and oxygen atoms in total. The Labute approximate surface area is 189 Å². The van der Waals surface area contributed by atoms with Gasteiger partial charge in [-0.2, -0.15) is 0 Å². The molecule has 0 saturated carbocycles. The van der Waals surface area contributed by atoms with E-state index in [4.69, 9.17) is 4.74 Å². The van der Waals surface area contributed by atoms with Gasteiger partial charge in [-0.15, -0.1) is 0 Å². The van der Waals surface area contributed by atoms with Crippen molar-refractivity contribution >= 4 is 15.5 Å². The monoisotopic (exact) mass is 446 g/mol. The van der Waals surface area contributed by atoms with Crippen molar-refractivity contribution in [2.24, 2.45) is 0 Å². The van der Waals surface area contributed by atoms with E-state index in [1.165, 1.54) is 0 Å². The van der Waals surface area contributed by atoms with Crippen LogP contribution < -0.4 is 9.64 Å². The number of sulfone groups is 1. The van der Waals surface area contributed by atoms with Gasteiger partial charge in [-0.3, -0.25) is 0 Å². The lowest BCUT2D eigenvalue weighted by Gasteiger charge is -2.33. The summed E-state index contributed by atoms with van der Waals surface area (Å²) in [6.45, 7) is 4.59. The van der Waals surface area contributed by atoms with E-state index in [2.05, 4.69) is 15.9 Å². The molecule has 4 heterocycles. The molecule has 3 fully saturated rings. The van der Waals surface area contributed by atoms with Crippen LogP contribution in [0.25, 0.3) is 11.1 Å². The van der Waals surface area contributed by atoms with Gasteiger partial charge in [-0.1, -0.05) is 48.5 Å². The molecule has 0 radical (unpaired) electrons. The van der Waals surface area contributed by atoms with Crippen LogP contribution in [0.4, 0.5) is 5.69 Å². The molecular formula is C26H26N2O3S. The SMILES string of the molecule is O=S1(=O)c2cc(N3CCN4CCC3CC4)ccc2-c2cccc(OCc3ccccc3)c21. The van der Waals surface area contributed by atoms with E-state index in [-0.39, 0.29) is 0 Å². The second-order valence-electron chi connectivity index (χ2n) is 8.86. The van der Waals surface area contributed by atoms with Crippen molar-refractivity contribution in [3.05, 3.63) is 72.3 Å². The van der Waals surface area contributed by atoms with Gasteiger partial charge in [-0.25, -0.2) is 8.42 Å². The highest BCUT2D eigenvalue weighted by atomic mass is 32.2. The quantitative estimate of drug-likeness (QED) is 0.466. The van der Waals surface area contributed by atoms with E-state index in [9.17, 15) is 8.42 Å². The molecule has 0 unspecified atom stereocenters. The molecule has 0 N–H and O–H groups in total. The lowest BCUT2D eigenvalue weighted by atomic mass is 10.0. The second-order valence-corrected chi connectivity index (χ2v) is 10.7.